The van der Waals surface area contributed by atoms with Crippen LogP contribution in [0.1, 0.15) is 42.4 Å². The number of benzene rings is 1. The fraction of sp³-hybridized carbons (Fsp3) is 0.333. The minimum Gasteiger partial charge on any atom is -0.486 e. The molecule has 0 unspecified atom stereocenters. The first-order chi connectivity index (χ1) is 14.0. The zero-order valence-electron chi connectivity index (χ0n) is 16.8. The average Bonchev–Trinajstić information content (AvgIpc) is 2.90. The first-order valence-corrected chi connectivity index (χ1v) is 9.25. The van der Waals surface area contributed by atoms with Gasteiger partial charge < -0.3 is 14.4 Å². The second-order valence-electron chi connectivity index (χ2n) is 7.12. The summed E-state index contributed by atoms with van der Waals surface area (Å²) in [7, 11) is 1.55. The van der Waals surface area contributed by atoms with Crippen LogP contribution in [0.15, 0.2) is 24.3 Å². The van der Waals surface area contributed by atoms with Gasteiger partial charge >= 0.3 is 12.1 Å². The summed E-state index contributed by atoms with van der Waals surface area (Å²) in [6.45, 7) is 5.24. The van der Waals surface area contributed by atoms with Gasteiger partial charge in [0, 0.05) is 12.6 Å². The van der Waals surface area contributed by atoms with Gasteiger partial charge in [-0.3, -0.25) is 0 Å². The van der Waals surface area contributed by atoms with Crippen LogP contribution in [0.2, 0.25) is 0 Å². The van der Waals surface area contributed by atoms with E-state index in [1.807, 2.05) is 0 Å². The number of rotatable bonds is 5. The van der Waals surface area contributed by atoms with Gasteiger partial charge in [0.15, 0.2) is 11.4 Å². The lowest BCUT2D eigenvalue weighted by Crippen LogP contribution is -2.11. The molecule has 2 aromatic heterocycles. The molecule has 0 aliphatic carbocycles. The lowest BCUT2D eigenvalue weighted by molar-refractivity contribution is -0.137. The predicted octanol–water partition coefficient (Wildman–Crippen LogP) is 5.45. The van der Waals surface area contributed by atoms with Crippen molar-refractivity contribution < 1.29 is 32.2 Å². The number of aromatic carboxylic acids is 1. The molecule has 0 aliphatic rings. The maximum absolute atomic E-state index is 14.6. The molecular formula is C21H20F4N2O3. The van der Waals surface area contributed by atoms with Crippen molar-refractivity contribution in [2.45, 2.75) is 39.5 Å². The molecule has 0 amide bonds. The number of ether oxygens (including phenoxy) is 1. The molecule has 3 rings (SSSR count). The van der Waals surface area contributed by atoms with Crippen molar-refractivity contribution in [2.24, 2.45) is 7.05 Å². The second kappa shape index (κ2) is 7.62. The number of carboxylic acids is 1. The number of aryl methyl sites for hydroxylation is 2. The first-order valence-electron chi connectivity index (χ1n) is 9.25. The van der Waals surface area contributed by atoms with Crippen LogP contribution in [0, 0.1) is 5.82 Å². The monoisotopic (exact) mass is 424 g/mol. The van der Waals surface area contributed by atoms with E-state index in [-0.39, 0.29) is 34.3 Å². The standard InChI is InChI=1S/C21H20F4N2O3/c1-5-11-8-15-17(19(30-10(2)3)18(20(28)29)27(15)4)26-16(11)13-7-6-12(9-14(13)22)21(23,24)25/h6-10H,5H2,1-4H3,(H,28,29). The number of aromatic nitrogens is 2. The first kappa shape index (κ1) is 21.6. The van der Waals surface area contributed by atoms with Crippen LogP contribution in [-0.2, 0) is 19.6 Å². The molecule has 5 nitrogen and oxygen atoms in total. The summed E-state index contributed by atoms with van der Waals surface area (Å²) in [6.07, 6.45) is -4.61. The molecule has 0 aliphatic heterocycles. The summed E-state index contributed by atoms with van der Waals surface area (Å²) in [5.41, 5.74) is 0.0732. The summed E-state index contributed by atoms with van der Waals surface area (Å²) < 4.78 is 60.4. The van der Waals surface area contributed by atoms with Crippen molar-refractivity contribution in [2.75, 3.05) is 0 Å². The van der Waals surface area contributed by atoms with E-state index >= 15 is 0 Å². The number of alkyl halides is 3. The number of carboxylic acid groups (broad SMARTS) is 1. The van der Waals surface area contributed by atoms with Crippen LogP contribution in [-0.4, -0.2) is 26.7 Å². The summed E-state index contributed by atoms with van der Waals surface area (Å²) in [5, 5.41) is 9.63. The predicted molar refractivity (Wildman–Crippen MR) is 103 cm³/mol. The summed E-state index contributed by atoms with van der Waals surface area (Å²) in [6, 6.07) is 3.92. The molecule has 0 saturated carbocycles. The lowest BCUT2D eigenvalue weighted by Gasteiger charge is -2.13. The SMILES string of the molecule is CCc1cc2c(nc1-c1ccc(C(F)(F)F)cc1F)c(OC(C)C)c(C(=O)O)n2C. The highest BCUT2D eigenvalue weighted by Crippen LogP contribution is 2.38. The molecule has 1 N–H and O–H groups in total. The van der Waals surface area contributed by atoms with E-state index in [9.17, 15) is 27.5 Å². The van der Waals surface area contributed by atoms with Gasteiger partial charge in [-0.25, -0.2) is 14.2 Å². The van der Waals surface area contributed by atoms with Gasteiger partial charge in [-0.1, -0.05) is 6.92 Å². The Labute approximate surface area is 169 Å². The Morgan fingerprint density at radius 2 is 1.93 bits per heavy atom. The van der Waals surface area contributed by atoms with Crippen molar-refractivity contribution >= 4 is 17.0 Å². The van der Waals surface area contributed by atoms with Gasteiger partial charge in [0.1, 0.15) is 11.3 Å². The third kappa shape index (κ3) is 3.71. The number of carbonyl (C=O) groups is 1. The van der Waals surface area contributed by atoms with Gasteiger partial charge in [-0.05, 0) is 50.1 Å². The van der Waals surface area contributed by atoms with Crippen LogP contribution >= 0.6 is 0 Å². The van der Waals surface area contributed by atoms with Crippen molar-refractivity contribution in [3.63, 3.8) is 0 Å². The van der Waals surface area contributed by atoms with Crippen LogP contribution in [0.25, 0.3) is 22.3 Å². The minimum absolute atomic E-state index is 0.0335. The smallest absolute Gasteiger partial charge is 0.416 e. The molecule has 0 spiro atoms. The van der Waals surface area contributed by atoms with E-state index in [0.29, 0.717) is 23.6 Å². The lowest BCUT2D eigenvalue weighted by atomic mass is 10.0. The topological polar surface area (TPSA) is 64.3 Å². The second-order valence-corrected chi connectivity index (χ2v) is 7.12. The molecule has 160 valence electrons. The van der Waals surface area contributed by atoms with Crippen molar-refractivity contribution in [3.8, 4) is 17.0 Å². The molecule has 0 bridgehead atoms. The molecule has 0 fully saturated rings. The Morgan fingerprint density at radius 3 is 2.43 bits per heavy atom. The molecule has 0 atom stereocenters. The number of pyridine rings is 1. The van der Waals surface area contributed by atoms with Crippen LogP contribution in [0.5, 0.6) is 5.75 Å². The van der Waals surface area contributed by atoms with E-state index in [0.717, 1.165) is 12.1 Å². The Kier molecular flexibility index (Phi) is 5.49. The molecule has 0 saturated heterocycles. The number of hydrogen-bond acceptors (Lipinski definition) is 3. The van der Waals surface area contributed by atoms with E-state index in [1.165, 1.54) is 4.57 Å². The summed E-state index contributed by atoms with van der Waals surface area (Å²) >= 11 is 0. The normalized spacial score (nSPS) is 12.0. The average molecular weight is 424 g/mol. The highest BCUT2D eigenvalue weighted by Gasteiger charge is 2.32. The Bertz CT molecular complexity index is 1130. The maximum atomic E-state index is 14.6. The zero-order chi connectivity index (χ0) is 22.4. The van der Waals surface area contributed by atoms with Crippen molar-refractivity contribution in [1.29, 1.82) is 0 Å². The maximum Gasteiger partial charge on any atom is 0.416 e. The Hall–Kier alpha value is -3.10. The van der Waals surface area contributed by atoms with Crippen LogP contribution in [0.4, 0.5) is 17.6 Å². The van der Waals surface area contributed by atoms with E-state index in [4.69, 9.17) is 4.74 Å². The zero-order valence-corrected chi connectivity index (χ0v) is 16.8. The van der Waals surface area contributed by atoms with Crippen molar-refractivity contribution in [1.82, 2.24) is 9.55 Å². The molecule has 30 heavy (non-hydrogen) atoms. The molecule has 0 radical (unpaired) electrons. The van der Waals surface area contributed by atoms with Gasteiger partial charge in [-0.2, -0.15) is 13.2 Å². The van der Waals surface area contributed by atoms with E-state index in [2.05, 4.69) is 4.98 Å². The number of nitrogens with zero attached hydrogens (tertiary/aromatic N) is 2. The summed E-state index contributed by atoms with van der Waals surface area (Å²) in [4.78, 5) is 16.2. The molecule has 3 aromatic rings. The molecule has 1 aromatic carbocycles. The van der Waals surface area contributed by atoms with E-state index < -0.39 is 23.5 Å². The van der Waals surface area contributed by atoms with Gasteiger partial charge in [0.2, 0.25) is 0 Å². The van der Waals surface area contributed by atoms with E-state index in [1.54, 1.807) is 33.9 Å². The number of fused-ring (bicyclic) bond motifs is 1. The fourth-order valence-electron chi connectivity index (χ4n) is 3.32. The van der Waals surface area contributed by atoms with Crippen molar-refractivity contribution in [3.05, 3.63) is 46.9 Å². The molecule has 9 heteroatoms. The molecular weight excluding hydrogens is 404 g/mol. The minimum atomic E-state index is -4.67. The highest BCUT2D eigenvalue weighted by atomic mass is 19.4. The highest BCUT2D eigenvalue weighted by molar-refractivity contribution is 6.00. The largest absolute Gasteiger partial charge is 0.486 e. The number of hydrogen-bond donors (Lipinski definition) is 1. The van der Waals surface area contributed by atoms with Gasteiger partial charge in [-0.15, -0.1) is 0 Å². The summed E-state index contributed by atoms with van der Waals surface area (Å²) in [5.74, 6) is -2.25. The fourth-order valence-corrected chi connectivity index (χ4v) is 3.32. The van der Waals surface area contributed by atoms with Gasteiger partial charge in [0.25, 0.3) is 0 Å². The Balaban J connectivity index is 2.32. The third-order valence-corrected chi connectivity index (χ3v) is 4.70. The number of halogens is 4. The molecule has 2 heterocycles. The van der Waals surface area contributed by atoms with Crippen LogP contribution < -0.4 is 4.74 Å². The van der Waals surface area contributed by atoms with Gasteiger partial charge in [0.05, 0.1) is 22.9 Å². The van der Waals surface area contributed by atoms with Crippen LogP contribution in [0.3, 0.4) is 0 Å². The third-order valence-electron chi connectivity index (χ3n) is 4.70. The quantitative estimate of drug-likeness (QED) is 0.554. The Morgan fingerprint density at radius 1 is 1.27 bits per heavy atom.